The van der Waals surface area contributed by atoms with Gasteiger partial charge in [0.1, 0.15) is 0 Å². The summed E-state index contributed by atoms with van der Waals surface area (Å²) in [6, 6.07) is 1.85. The first-order valence-corrected chi connectivity index (χ1v) is 3.86. The molecule has 5 heteroatoms. The molecule has 1 N–H and O–H groups in total. The zero-order chi connectivity index (χ0) is 7.84. The number of rotatable bonds is 0. The molecule has 3 nitrogen and oxygen atoms in total. The molecule has 2 heterocycles. The molecule has 1 aromatic heterocycles. The summed E-state index contributed by atoms with van der Waals surface area (Å²) in [6.45, 7) is 0. The number of hydrogen-bond acceptors (Lipinski definition) is 2. The molecule has 0 spiro atoms. The molecule has 58 valence electrons. The van der Waals surface area contributed by atoms with Crippen LogP contribution in [0.15, 0.2) is 17.3 Å². The summed E-state index contributed by atoms with van der Waals surface area (Å²) in [6.07, 6.45) is 3.47. The number of H-pyrrole nitrogens is 1. The van der Waals surface area contributed by atoms with E-state index in [1.54, 1.807) is 12.4 Å². The lowest BCUT2D eigenvalue weighted by molar-refractivity contribution is 0.949. The SMILES string of the molecule is ClC1N=Cc2[nH]ccc2N1Cl. The van der Waals surface area contributed by atoms with Gasteiger partial charge in [-0.05, 0) is 6.07 Å². The molecule has 1 aromatic rings. The van der Waals surface area contributed by atoms with Crippen molar-refractivity contribution >= 4 is 35.3 Å². The Morgan fingerprint density at radius 3 is 3.27 bits per heavy atom. The number of anilines is 1. The van der Waals surface area contributed by atoms with Gasteiger partial charge in [0.25, 0.3) is 0 Å². The van der Waals surface area contributed by atoms with E-state index in [1.807, 2.05) is 6.07 Å². The molecule has 2 rings (SSSR count). The van der Waals surface area contributed by atoms with Crippen molar-refractivity contribution in [1.29, 1.82) is 0 Å². The Bertz CT molecular complexity index is 294. The van der Waals surface area contributed by atoms with Crippen LogP contribution < -0.4 is 4.42 Å². The standard InChI is InChI=1S/C6H5Cl2N3/c7-6-10-3-4-5(11(6)8)1-2-9-4/h1-3,6,9H. The van der Waals surface area contributed by atoms with Crippen LogP contribution in [0.25, 0.3) is 0 Å². The summed E-state index contributed by atoms with van der Waals surface area (Å²) in [5.41, 5.74) is 1.25. The number of nitrogens with one attached hydrogen (secondary N) is 1. The number of fused-ring (bicyclic) bond motifs is 1. The zero-order valence-corrected chi connectivity index (χ0v) is 6.97. The van der Waals surface area contributed by atoms with Crippen molar-refractivity contribution in [2.24, 2.45) is 4.99 Å². The van der Waals surface area contributed by atoms with Gasteiger partial charge in [-0.25, -0.2) is 9.41 Å². The largest absolute Gasteiger partial charge is 0.359 e. The maximum absolute atomic E-state index is 5.81. The number of halogens is 2. The molecule has 0 saturated carbocycles. The Morgan fingerprint density at radius 2 is 2.45 bits per heavy atom. The van der Waals surface area contributed by atoms with Gasteiger partial charge >= 0.3 is 0 Å². The Kier molecular flexibility index (Phi) is 1.55. The molecule has 1 atom stereocenters. The maximum Gasteiger partial charge on any atom is 0.211 e. The highest BCUT2D eigenvalue weighted by molar-refractivity contribution is 6.34. The van der Waals surface area contributed by atoms with Gasteiger partial charge in [-0.3, -0.25) is 0 Å². The van der Waals surface area contributed by atoms with Crippen LogP contribution >= 0.6 is 23.4 Å². The number of aromatic nitrogens is 1. The molecule has 1 aliphatic rings. The second kappa shape index (κ2) is 2.43. The van der Waals surface area contributed by atoms with E-state index in [0.29, 0.717) is 0 Å². The fourth-order valence-corrected chi connectivity index (χ4v) is 1.33. The summed E-state index contributed by atoms with van der Waals surface area (Å²) < 4.78 is 1.38. The van der Waals surface area contributed by atoms with E-state index in [2.05, 4.69) is 9.98 Å². The van der Waals surface area contributed by atoms with E-state index < -0.39 is 5.62 Å². The quantitative estimate of drug-likeness (QED) is 0.378. The van der Waals surface area contributed by atoms with Crippen molar-refractivity contribution < 1.29 is 0 Å². The Labute approximate surface area is 73.7 Å². The third-order valence-corrected chi connectivity index (χ3v) is 2.27. The molecular formula is C6H5Cl2N3. The number of alkyl halides is 1. The highest BCUT2D eigenvalue weighted by Gasteiger charge is 2.20. The number of aromatic amines is 1. The Morgan fingerprint density at radius 1 is 1.64 bits per heavy atom. The molecule has 0 aliphatic carbocycles. The Balaban J connectivity index is 2.48. The minimum Gasteiger partial charge on any atom is -0.359 e. The second-order valence-corrected chi connectivity index (χ2v) is 2.93. The highest BCUT2D eigenvalue weighted by atomic mass is 35.5. The van der Waals surface area contributed by atoms with Gasteiger partial charge in [-0.2, -0.15) is 0 Å². The molecule has 0 amide bonds. The van der Waals surface area contributed by atoms with Crippen LogP contribution in [0, 0.1) is 0 Å². The normalized spacial score (nSPS) is 22.0. The predicted molar refractivity (Wildman–Crippen MR) is 46.4 cm³/mol. The monoisotopic (exact) mass is 189 g/mol. The lowest BCUT2D eigenvalue weighted by Gasteiger charge is -2.20. The van der Waals surface area contributed by atoms with Crippen molar-refractivity contribution in [2.45, 2.75) is 5.62 Å². The van der Waals surface area contributed by atoms with Crippen molar-refractivity contribution in [2.75, 3.05) is 4.42 Å². The first kappa shape index (κ1) is 7.00. The van der Waals surface area contributed by atoms with Gasteiger partial charge in [-0.15, -0.1) is 0 Å². The van der Waals surface area contributed by atoms with Crippen LogP contribution in [0.1, 0.15) is 5.69 Å². The summed E-state index contributed by atoms with van der Waals surface area (Å²) in [5.74, 6) is 0. The third kappa shape index (κ3) is 1.01. The molecule has 1 aliphatic heterocycles. The first-order chi connectivity index (χ1) is 5.29. The summed E-state index contributed by atoms with van der Waals surface area (Å²) in [4.78, 5) is 6.90. The van der Waals surface area contributed by atoms with E-state index in [1.165, 1.54) is 4.42 Å². The van der Waals surface area contributed by atoms with Gasteiger partial charge in [0, 0.05) is 18.0 Å². The maximum atomic E-state index is 5.81. The van der Waals surface area contributed by atoms with Crippen LogP contribution in [-0.4, -0.2) is 16.8 Å². The molecule has 0 fully saturated rings. The second-order valence-electron chi connectivity index (χ2n) is 2.18. The van der Waals surface area contributed by atoms with Crippen molar-refractivity contribution in [1.82, 2.24) is 4.98 Å². The summed E-state index contributed by atoms with van der Waals surface area (Å²) in [7, 11) is 0. The van der Waals surface area contributed by atoms with Gasteiger partial charge in [0.2, 0.25) is 5.62 Å². The van der Waals surface area contributed by atoms with Crippen LogP contribution in [0.5, 0.6) is 0 Å². The average Bonchev–Trinajstić information content (AvgIpc) is 2.45. The average molecular weight is 190 g/mol. The lowest BCUT2D eigenvalue weighted by Crippen LogP contribution is -2.23. The molecule has 0 saturated heterocycles. The molecule has 0 aromatic carbocycles. The molecule has 0 bridgehead atoms. The number of hydrogen-bond donors (Lipinski definition) is 1. The van der Waals surface area contributed by atoms with Gasteiger partial charge in [0.05, 0.1) is 17.6 Å². The minimum absolute atomic E-state index is 0.500. The van der Waals surface area contributed by atoms with Gasteiger partial charge in [0.15, 0.2) is 0 Å². The zero-order valence-electron chi connectivity index (χ0n) is 5.46. The van der Waals surface area contributed by atoms with E-state index in [9.17, 15) is 0 Å². The van der Waals surface area contributed by atoms with Crippen LogP contribution in [0.4, 0.5) is 5.69 Å². The van der Waals surface area contributed by atoms with Gasteiger partial charge < -0.3 is 4.98 Å². The van der Waals surface area contributed by atoms with Crippen molar-refractivity contribution in [3.05, 3.63) is 18.0 Å². The van der Waals surface area contributed by atoms with Crippen molar-refractivity contribution in [3.63, 3.8) is 0 Å². The highest BCUT2D eigenvalue weighted by Crippen LogP contribution is 2.27. The fraction of sp³-hybridized carbons (Fsp3) is 0.167. The number of nitrogens with zero attached hydrogens (tertiary/aromatic N) is 2. The molecular weight excluding hydrogens is 185 g/mol. The lowest BCUT2D eigenvalue weighted by atomic mass is 10.3. The van der Waals surface area contributed by atoms with Crippen LogP contribution in [-0.2, 0) is 0 Å². The summed E-state index contributed by atoms with van der Waals surface area (Å²) in [5, 5.41) is 0. The smallest absolute Gasteiger partial charge is 0.211 e. The van der Waals surface area contributed by atoms with Crippen LogP contribution in [0.2, 0.25) is 0 Å². The van der Waals surface area contributed by atoms with Crippen LogP contribution in [0.3, 0.4) is 0 Å². The number of aliphatic imine (C=N–C) groups is 1. The van der Waals surface area contributed by atoms with E-state index in [-0.39, 0.29) is 0 Å². The van der Waals surface area contributed by atoms with E-state index in [4.69, 9.17) is 23.4 Å². The third-order valence-electron chi connectivity index (χ3n) is 1.50. The van der Waals surface area contributed by atoms with E-state index >= 15 is 0 Å². The molecule has 0 radical (unpaired) electrons. The van der Waals surface area contributed by atoms with E-state index in [0.717, 1.165) is 11.4 Å². The first-order valence-electron chi connectivity index (χ1n) is 3.08. The van der Waals surface area contributed by atoms with Crippen molar-refractivity contribution in [3.8, 4) is 0 Å². The molecule has 11 heavy (non-hydrogen) atoms. The fourth-order valence-electron chi connectivity index (χ4n) is 0.973. The minimum atomic E-state index is -0.500. The van der Waals surface area contributed by atoms with Gasteiger partial charge in [-0.1, -0.05) is 11.6 Å². The Hall–Kier alpha value is -0.670. The molecule has 1 unspecified atom stereocenters. The topological polar surface area (TPSA) is 31.4 Å². The predicted octanol–water partition coefficient (Wildman–Crippen LogP) is 1.93. The summed E-state index contributed by atoms with van der Waals surface area (Å²) >= 11 is 11.5.